The van der Waals surface area contributed by atoms with E-state index in [0.29, 0.717) is 17.4 Å². The number of hydrogen-bond donors (Lipinski definition) is 1. The molecule has 1 aromatic heterocycles. The molecule has 0 aliphatic heterocycles. The topological polar surface area (TPSA) is 42.2 Å². The zero-order valence-electron chi connectivity index (χ0n) is 13.8. The van der Waals surface area contributed by atoms with E-state index in [-0.39, 0.29) is 6.04 Å². The van der Waals surface area contributed by atoms with Gasteiger partial charge >= 0.3 is 5.97 Å². The van der Waals surface area contributed by atoms with Crippen LogP contribution in [0.5, 0.6) is 0 Å². The number of nitrogens with zero attached hydrogens (tertiary/aromatic N) is 1. The van der Waals surface area contributed by atoms with Gasteiger partial charge < -0.3 is 9.67 Å². The molecule has 1 N–H and O–H groups in total. The average molecular weight is 287 g/mol. The zero-order chi connectivity index (χ0) is 15.9. The molecule has 0 unspecified atom stereocenters. The van der Waals surface area contributed by atoms with E-state index >= 15 is 0 Å². The molecule has 3 nitrogen and oxygen atoms in total. The minimum Gasteiger partial charge on any atom is -0.478 e. The van der Waals surface area contributed by atoms with E-state index < -0.39 is 5.97 Å². The number of carboxylic acid groups (broad SMARTS) is 1. The van der Waals surface area contributed by atoms with Gasteiger partial charge in [0.1, 0.15) is 0 Å². The summed E-state index contributed by atoms with van der Waals surface area (Å²) >= 11 is 0. The zero-order valence-corrected chi connectivity index (χ0v) is 13.8. The fourth-order valence-corrected chi connectivity index (χ4v) is 2.80. The monoisotopic (exact) mass is 287 g/mol. The van der Waals surface area contributed by atoms with Crippen LogP contribution in [-0.4, -0.2) is 15.6 Å². The predicted octanol–water partition coefficient (Wildman–Crippen LogP) is 5.17. The van der Waals surface area contributed by atoms with Gasteiger partial charge in [0.15, 0.2) is 0 Å². The summed E-state index contributed by atoms with van der Waals surface area (Å²) in [6.07, 6.45) is 2.12. The van der Waals surface area contributed by atoms with Crippen LogP contribution in [0.1, 0.15) is 80.9 Å². The van der Waals surface area contributed by atoms with Gasteiger partial charge in [-0.3, -0.25) is 0 Å². The van der Waals surface area contributed by atoms with Crippen LogP contribution in [0.4, 0.5) is 0 Å². The van der Waals surface area contributed by atoms with Crippen LogP contribution in [0.3, 0.4) is 0 Å². The summed E-state index contributed by atoms with van der Waals surface area (Å²) in [5.74, 6) is -0.163. The van der Waals surface area contributed by atoms with E-state index in [1.54, 1.807) is 0 Å². The van der Waals surface area contributed by atoms with Crippen molar-refractivity contribution in [3.8, 4) is 0 Å². The molecule has 21 heavy (non-hydrogen) atoms. The van der Waals surface area contributed by atoms with Gasteiger partial charge in [-0.25, -0.2) is 4.79 Å². The lowest BCUT2D eigenvalue weighted by molar-refractivity contribution is 0.0698. The molecule has 0 radical (unpaired) electrons. The van der Waals surface area contributed by atoms with E-state index in [1.165, 1.54) is 5.56 Å². The molecule has 0 amide bonds. The maximum absolute atomic E-state index is 11.7. The first-order valence-corrected chi connectivity index (χ1v) is 7.65. The summed E-state index contributed by atoms with van der Waals surface area (Å²) in [5, 5.41) is 10.7. The molecule has 3 heteroatoms. The Labute approximate surface area is 126 Å². The van der Waals surface area contributed by atoms with Gasteiger partial charge in [-0.05, 0) is 48.9 Å². The molecule has 2 aromatic rings. The Morgan fingerprint density at radius 3 is 2.10 bits per heavy atom. The Morgan fingerprint density at radius 1 is 1.05 bits per heavy atom. The van der Waals surface area contributed by atoms with Crippen molar-refractivity contribution in [2.45, 2.75) is 59.4 Å². The standard InChI is InChI=1S/C18H25NO2/c1-10(2)13-7-14-16(11(3)4)9-19(12(5)6)17(14)15(8-13)18(20)21/h7-12H,1-6H3,(H,20,21). The number of carbonyl (C=O) groups is 1. The SMILES string of the molecule is CC(C)c1cc(C(=O)O)c2c(c1)c(C(C)C)cn2C(C)C. The molecule has 0 fully saturated rings. The number of benzene rings is 1. The van der Waals surface area contributed by atoms with Gasteiger partial charge in [0.05, 0.1) is 11.1 Å². The molecular weight excluding hydrogens is 262 g/mol. The average Bonchev–Trinajstić information content (AvgIpc) is 2.76. The van der Waals surface area contributed by atoms with Crippen molar-refractivity contribution in [3.05, 3.63) is 35.0 Å². The molecule has 0 bridgehead atoms. The van der Waals surface area contributed by atoms with Crippen LogP contribution in [0.15, 0.2) is 18.3 Å². The third-order valence-corrected chi connectivity index (χ3v) is 4.06. The highest BCUT2D eigenvalue weighted by atomic mass is 16.4. The fourth-order valence-electron chi connectivity index (χ4n) is 2.80. The van der Waals surface area contributed by atoms with Crippen LogP contribution in [0.2, 0.25) is 0 Å². The third kappa shape index (κ3) is 2.69. The normalized spacial score (nSPS) is 12.0. The van der Waals surface area contributed by atoms with Crippen molar-refractivity contribution >= 4 is 16.9 Å². The quantitative estimate of drug-likeness (QED) is 0.843. The van der Waals surface area contributed by atoms with Crippen molar-refractivity contribution in [2.75, 3.05) is 0 Å². The van der Waals surface area contributed by atoms with Crippen LogP contribution >= 0.6 is 0 Å². The van der Waals surface area contributed by atoms with Crippen molar-refractivity contribution in [2.24, 2.45) is 0 Å². The van der Waals surface area contributed by atoms with Crippen molar-refractivity contribution in [1.29, 1.82) is 0 Å². The van der Waals surface area contributed by atoms with E-state index in [0.717, 1.165) is 16.5 Å². The van der Waals surface area contributed by atoms with Gasteiger partial charge in [-0.2, -0.15) is 0 Å². The van der Waals surface area contributed by atoms with Crippen LogP contribution < -0.4 is 0 Å². The Hall–Kier alpha value is -1.77. The lowest BCUT2D eigenvalue weighted by Crippen LogP contribution is -2.06. The molecule has 114 valence electrons. The predicted molar refractivity (Wildman–Crippen MR) is 87.5 cm³/mol. The van der Waals surface area contributed by atoms with E-state index in [9.17, 15) is 9.90 Å². The lowest BCUT2D eigenvalue weighted by atomic mass is 9.94. The highest BCUT2D eigenvalue weighted by Gasteiger charge is 2.21. The van der Waals surface area contributed by atoms with Gasteiger partial charge in [0.2, 0.25) is 0 Å². The third-order valence-electron chi connectivity index (χ3n) is 4.06. The number of aromatic nitrogens is 1. The minimum absolute atomic E-state index is 0.239. The summed E-state index contributed by atoms with van der Waals surface area (Å²) in [7, 11) is 0. The molecule has 0 atom stereocenters. The minimum atomic E-state index is -0.849. The molecular formula is C18H25NO2. The number of aromatic carboxylic acids is 1. The van der Waals surface area contributed by atoms with Gasteiger partial charge in [0.25, 0.3) is 0 Å². The summed E-state index contributed by atoms with van der Waals surface area (Å²) in [6.45, 7) is 12.7. The summed E-state index contributed by atoms with van der Waals surface area (Å²) < 4.78 is 2.10. The number of fused-ring (bicyclic) bond motifs is 1. The number of carboxylic acids is 1. The molecule has 1 aromatic carbocycles. The smallest absolute Gasteiger partial charge is 0.337 e. The van der Waals surface area contributed by atoms with E-state index in [2.05, 4.69) is 58.4 Å². The van der Waals surface area contributed by atoms with E-state index in [1.807, 2.05) is 6.07 Å². The van der Waals surface area contributed by atoms with Crippen molar-refractivity contribution < 1.29 is 9.90 Å². The summed E-state index contributed by atoms with van der Waals surface area (Å²) in [5.41, 5.74) is 3.58. The lowest BCUT2D eigenvalue weighted by Gasteiger charge is -2.13. The maximum atomic E-state index is 11.7. The second kappa shape index (κ2) is 5.55. The van der Waals surface area contributed by atoms with Crippen molar-refractivity contribution in [1.82, 2.24) is 4.57 Å². The Morgan fingerprint density at radius 2 is 1.67 bits per heavy atom. The van der Waals surface area contributed by atoms with E-state index in [4.69, 9.17) is 0 Å². The maximum Gasteiger partial charge on any atom is 0.337 e. The van der Waals surface area contributed by atoms with Gasteiger partial charge in [0, 0.05) is 17.6 Å². The molecule has 0 saturated carbocycles. The second-order valence-corrected chi connectivity index (χ2v) is 6.66. The molecule has 0 aliphatic rings. The van der Waals surface area contributed by atoms with Crippen LogP contribution in [0.25, 0.3) is 10.9 Å². The Bertz CT molecular complexity index is 678. The molecule has 0 aliphatic carbocycles. The highest BCUT2D eigenvalue weighted by molar-refractivity contribution is 6.04. The summed E-state index contributed by atoms with van der Waals surface area (Å²) in [6, 6.07) is 4.24. The van der Waals surface area contributed by atoms with Crippen LogP contribution in [-0.2, 0) is 0 Å². The second-order valence-electron chi connectivity index (χ2n) is 6.66. The molecule has 0 saturated heterocycles. The van der Waals surface area contributed by atoms with Crippen LogP contribution in [0, 0.1) is 0 Å². The fraction of sp³-hybridized carbons (Fsp3) is 0.500. The van der Waals surface area contributed by atoms with Gasteiger partial charge in [-0.15, -0.1) is 0 Å². The number of hydrogen-bond acceptors (Lipinski definition) is 1. The first-order chi connectivity index (χ1) is 9.73. The highest BCUT2D eigenvalue weighted by Crippen LogP contribution is 2.34. The molecule has 0 spiro atoms. The molecule has 1 heterocycles. The molecule has 2 rings (SSSR count). The van der Waals surface area contributed by atoms with Crippen molar-refractivity contribution in [3.63, 3.8) is 0 Å². The first kappa shape index (κ1) is 15.6. The summed E-state index contributed by atoms with van der Waals surface area (Å²) in [4.78, 5) is 11.7. The Kier molecular flexibility index (Phi) is 4.13. The first-order valence-electron chi connectivity index (χ1n) is 7.65. The number of rotatable bonds is 4. The largest absolute Gasteiger partial charge is 0.478 e. The van der Waals surface area contributed by atoms with Gasteiger partial charge in [-0.1, -0.05) is 27.7 Å². The Balaban J connectivity index is 2.93.